The molecular weight excluding hydrogens is 410 g/mol. The average molecular weight is 438 g/mol. The molecule has 2 N–H and O–H groups in total. The van der Waals surface area contributed by atoms with E-state index in [-0.39, 0.29) is 11.8 Å². The van der Waals surface area contributed by atoms with Crippen LogP contribution in [0.15, 0.2) is 48.7 Å². The maximum absolute atomic E-state index is 12.3. The van der Waals surface area contributed by atoms with Gasteiger partial charge < -0.3 is 14.7 Å². The summed E-state index contributed by atoms with van der Waals surface area (Å²) in [6, 6.07) is 13.9. The largest absolute Gasteiger partial charge is 0.379 e. The number of aromatic amines is 1. The first-order chi connectivity index (χ1) is 15.2. The van der Waals surface area contributed by atoms with Crippen molar-refractivity contribution in [2.24, 2.45) is 0 Å². The number of carbonyl (C=O) groups is 1. The molecule has 5 nitrogen and oxygen atoms in total. The van der Waals surface area contributed by atoms with Crippen LogP contribution in [0.4, 0.5) is 0 Å². The lowest BCUT2D eigenvalue weighted by Gasteiger charge is -2.32. The summed E-state index contributed by atoms with van der Waals surface area (Å²) >= 11 is 6.22. The van der Waals surface area contributed by atoms with Crippen LogP contribution in [0.5, 0.6) is 5.75 Å². The maximum Gasteiger partial charge on any atom is 0.260 e. The van der Waals surface area contributed by atoms with E-state index in [4.69, 9.17) is 16.4 Å². The molecule has 1 atom stereocenters. The number of hydroxylamine groups is 1. The highest BCUT2D eigenvalue weighted by atomic mass is 35.5. The summed E-state index contributed by atoms with van der Waals surface area (Å²) < 4.78 is 0. The highest BCUT2D eigenvalue weighted by Crippen LogP contribution is 2.35. The number of carbonyl (C=O) groups excluding carboxylic acids is 1. The van der Waals surface area contributed by atoms with Crippen LogP contribution in [0.25, 0.3) is 10.9 Å². The Bertz CT molecular complexity index is 1070. The lowest BCUT2D eigenvalue weighted by Crippen LogP contribution is -2.37. The third-order valence-corrected chi connectivity index (χ3v) is 7.03. The minimum Gasteiger partial charge on any atom is -0.379 e. The average Bonchev–Trinajstić information content (AvgIpc) is 3.21. The van der Waals surface area contributed by atoms with Crippen molar-refractivity contribution in [1.82, 2.24) is 15.4 Å². The fraction of sp³-hybridized carbons (Fsp3) is 0.400. The van der Waals surface area contributed by atoms with Crippen molar-refractivity contribution in [1.29, 1.82) is 0 Å². The second-order valence-corrected chi connectivity index (χ2v) is 9.14. The van der Waals surface area contributed by atoms with Gasteiger partial charge in [0.15, 0.2) is 5.75 Å². The number of unbranched alkanes of at least 4 members (excludes halogenated alkanes) is 1. The van der Waals surface area contributed by atoms with Crippen LogP contribution >= 0.6 is 11.6 Å². The first-order valence-corrected chi connectivity index (χ1v) is 11.6. The van der Waals surface area contributed by atoms with Gasteiger partial charge in [-0.1, -0.05) is 36.2 Å². The zero-order chi connectivity index (χ0) is 21.2. The normalized spacial score (nSPS) is 19.8. The number of rotatable bonds is 6. The summed E-state index contributed by atoms with van der Waals surface area (Å²) in [4.78, 5) is 23.5. The Labute approximate surface area is 187 Å². The molecule has 2 aliphatic rings. The van der Waals surface area contributed by atoms with Crippen molar-refractivity contribution < 1.29 is 9.63 Å². The molecule has 0 radical (unpaired) electrons. The fourth-order valence-corrected chi connectivity index (χ4v) is 5.24. The molecule has 3 heterocycles. The standard InChI is InChI=1S/C25H28ClN3O2/c26-18-8-9-23-21(15-18)22(16-27-23)17-10-13-29(14-11-17)12-4-3-6-20-19-5-1-2-7-24(19)31-28-25(20)30/h1-2,5,7-9,15-17,20,27H,3-4,6,10-14H2,(H,28,30). The Kier molecular flexibility index (Phi) is 5.88. The number of amides is 1. The van der Waals surface area contributed by atoms with Crippen molar-refractivity contribution >= 4 is 28.4 Å². The molecule has 2 aliphatic heterocycles. The number of piperidine rings is 1. The minimum absolute atomic E-state index is 0.0293. The number of H-pyrrole nitrogens is 1. The quantitative estimate of drug-likeness (QED) is 0.509. The van der Waals surface area contributed by atoms with E-state index >= 15 is 0 Å². The van der Waals surface area contributed by atoms with Gasteiger partial charge in [-0.3, -0.25) is 4.79 Å². The zero-order valence-electron chi connectivity index (χ0n) is 17.6. The second kappa shape index (κ2) is 8.93. The predicted molar refractivity (Wildman–Crippen MR) is 124 cm³/mol. The monoisotopic (exact) mass is 437 g/mol. The minimum atomic E-state index is -0.107. The first kappa shape index (κ1) is 20.4. The lowest BCUT2D eigenvalue weighted by atomic mass is 9.89. The SMILES string of the molecule is O=C1NOc2ccccc2C1CCCCN1CCC(c2c[nH]c3ccc(Cl)cc23)CC1. The molecule has 3 aromatic rings. The summed E-state index contributed by atoms with van der Waals surface area (Å²) in [5.41, 5.74) is 6.13. The first-order valence-electron chi connectivity index (χ1n) is 11.2. The summed E-state index contributed by atoms with van der Waals surface area (Å²) in [6.07, 6.45) is 7.52. The molecule has 0 spiro atoms. The van der Waals surface area contributed by atoms with Gasteiger partial charge in [-0.2, -0.15) is 5.48 Å². The van der Waals surface area contributed by atoms with E-state index in [1.54, 1.807) is 0 Å². The molecule has 0 bridgehead atoms. The number of hydrogen-bond acceptors (Lipinski definition) is 3. The van der Waals surface area contributed by atoms with Gasteiger partial charge in [0, 0.05) is 27.7 Å². The van der Waals surface area contributed by atoms with E-state index in [0.717, 1.165) is 55.2 Å². The van der Waals surface area contributed by atoms with Crippen molar-refractivity contribution in [2.45, 2.75) is 43.9 Å². The predicted octanol–water partition coefficient (Wildman–Crippen LogP) is 5.38. The molecule has 5 rings (SSSR count). The molecule has 31 heavy (non-hydrogen) atoms. The van der Waals surface area contributed by atoms with Crippen LogP contribution in [-0.2, 0) is 4.79 Å². The lowest BCUT2D eigenvalue weighted by molar-refractivity contribution is -0.131. The van der Waals surface area contributed by atoms with Crippen LogP contribution in [0.1, 0.15) is 55.1 Å². The van der Waals surface area contributed by atoms with E-state index in [1.165, 1.54) is 29.3 Å². The number of nitrogens with zero attached hydrogens (tertiary/aromatic N) is 1. The third-order valence-electron chi connectivity index (χ3n) is 6.79. The van der Waals surface area contributed by atoms with E-state index in [9.17, 15) is 4.79 Å². The number of aromatic nitrogens is 1. The smallest absolute Gasteiger partial charge is 0.260 e. The molecule has 1 fully saturated rings. The van der Waals surface area contributed by atoms with Gasteiger partial charge in [0.05, 0.1) is 5.92 Å². The van der Waals surface area contributed by atoms with E-state index in [0.29, 0.717) is 5.92 Å². The highest BCUT2D eigenvalue weighted by Gasteiger charge is 2.28. The van der Waals surface area contributed by atoms with Gasteiger partial charge in [0.1, 0.15) is 0 Å². The maximum atomic E-state index is 12.3. The molecule has 1 saturated heterocycles. The van der Waals surface area contributed by atoms with Crippen LogP contribution in [-0.4, -0.2) is 35.4 Å². The van der Waals surface area contributed by atoms with Crippen LogP contribution in [0, 0.1) is 0 Å². The number of hydrogen-bond donors (Lipinski definition) is 2. The second-order valence-electron chi connectivity index (χ2n) is 8.70. The van der Waals surface area contributed by atoms with Gasteiger partial charge >= 0.3 is 0 Å². The van der Waals surface area contributed by atoms with Gasteiger partial charge in [-0.25, -0.2) is 0 Å². The molecule has 162 valence electrons. The number of para-hydroxylation sites is 1. The molecule has 0 saturated carbocycles. The van der Waals surface area contributed by atoms with Gasteiger partial charge in [-0.15, -0.1) is 0 Å². The highest BCUT2D eigenvalue weighted by molar-refractivity contribution is 6.31. The Hall–Kier alpha value is -2.50. The molecule has 0 aliphatic carbocycles. The van der Waals surface area contributed by atoms with E-state index < -0.39 is 0 Å². The van der Waals surface area contributed by atoms with Gasteiger partial charge in [0.2, 0.25) is 0 Å². The van der Waals surface area contributed by atoms with Gasteiger partial charge in [-0.05, 0) is 81.1 Å². The molecule has 2 aromatic carbocycles. The van der Waals surface area contributed by atoms with E-state index in [2.05, 4.69) is 33.7 Å². The Morgan fingerprint density at radius 3 is 2.77 bits per heavy atom. The van der Waals surface area contributed by atoms with Crippen molar-refractivity contribution in [3.05, 3.63) is 64.8 Å². The zero-order valence-corrected chi connectivity index (χ0v) is 18.3. The van der Waals surface area contributed by atoms with Crippen LogP contribution in [0.3, 0.4) is 0 Å². The number of fused-ring (bicyclic) bond motifs is 2. The topological polar surface area (TPSA) is 57.4 Å². The molecule has 6 heteroatoms. The van der Waals surface area contributed by atoms with Crippen LogP contribution < -0.4 is 10.3 Å². The molecule has 1 aromatic heterocycles. The number of benzene rings is 2. The summed E-state index contributed by atoms with van der Waals surface area (Å²) in [5, 5.41) is 2.06. The molecule has 1 unspecified atom stereocenters. The summed E-state index contributed by atoms with van der Waals surface area (Å²) in [6.45, 7) is 3.34. The number of halogens is 1. The Morgan fingerprint density at radius 1 is 1.06 bits per heavy atom. The number of nitrogens with one attached hydrogen (secondary N) is 2. The molecular formula is C25H28ClN3O2. The summed E-state index contributed by atoms with van der Waals surface area (Å²) in [5.74, 6) is 1.22. The molecule has 1 amide bonds. The fourth-order valence-electron chi connectivity index (χ4n) is 5.07. The summed E-state index contributed by atoms with van der Waals surface area (Å²) in [7, 11) is 0. The number of likely N-dealkylation sites (tertiary alicyclic amines) is 1. The van der Waals surface area contributed by atoms with Crippen molar-refractivity contribution in [3.63, 3.8) is 0 Å². The third kappa shape index (κ3) is 4.30. The van der Waals surface area contributed by atoms with Crippen molar-refractivity contribution in [2.75, 3.05) is 19.6 Å². The van der Waals surface area contributed by atoms with Gasteiger partial charge in [0.25, 0.3) is 5.91 Å². The van der Waals surface area contributed by atoms with Crippen molar-refractivity contribution in [3.8, 4) is 5.75 Å². The van der Waals surface area contributed by atoms with Crippen LogP contribution in [0.2, 0.25) is 5.02 Å². The Morgan fingerprint density at radius 2 is 1.90 bits per heavy atom. The van der Waals surface area contributed by atoms with E-state index in [1.807, 2.05) is 30.3 Å². The Balaban J connectivity index is 1.10.